The van der Waals surface area contributed by atoms with Crippen LogP contribution in [0.4, 0.5) is 0 Å². The van der Waals surface area contributed by atoms with Crippen LogP contribution in [0.15, 0.2) is 24.5 Å². The van der Waals surface area contributed by atoms with Gasteiger partial charge in [-0.1, -0.05) is 6.07 Å². The Morgan fingerprint density at radius 1 is 1.15 bits per heavy atom. The molecule has 0 radical (unpaired) electrons. The number of hydrogen-bond donors (Lipinski definition) is 0. The van der Waals surface area contributed by atoms with Gasteiger partial charge in [-0.3, -0.25) is 0 Å². The Morgan fingerprint density at radius 3 is 2.38 bits per heavy atom. The van der Waals surface area contributed by atoms with E-state index in [9.17, 15) is 0 Å². The van der Waals surface area contributed by atoms with Gasteiger partial charge in [0.2, 0.25) is 0 Å². The second-order valence-electron chi connectivity index (χ2n) is 8.11. The van der Waals surface area contributed by atoms with E-state index in [0.29, 0.717) is 6.61 Å². The second-order valence-corrected chi connectivity index (χ2v) is 8.11. The molecule has 0 aliphatic carbocycles. The Bertz CT molecular complexity index is 770. The normalized spacial score (nSPS) is 18.5. The molecular formula is C19H28BN3O3. The number of nitrogens with zero attached hydrogens (tertiary/aromatic N) is 3. The van der Waals surface area contributed by atoms with Crippen molar-refractivity contribution in [2.45, 2.75) is 72.3 Å². The van der Waals surface area contributed by atoms with Crippen LogP contribution in [0.5, 0.6) is 5.75 Å². The Kier molecular flexibility index (Phi) is 4.88. The van der Waals surface area contributed by atoms with Crippen LogP contribution in [0.25, 0.3) is 0 Å². The molecule has 6 nitrogen and oxygen atoms in total. The van der Waals surface area contributed by atoms with Gasteiger partial charge in [0.25, 0.3) is 0 Å². The van der Waals surface area contributed by atoms with Crippen molar-refractivity contribution >= 4 is 12.6 Å². The zero-order valence-electron chi connectivity index (χ0n) is 16.7. The summed E-state index contributed by atoms with van der Waals surface area (Å²) in [5, 5.41) is 4.23. The van der Waals surface area contributed by atoms with Gasteiger partial charge in [0.05, 0.1) is 11.2 Å². The fourth-order valence-electron chi connectivity index (χ4n) is 2.93. The molecule has 1 aromatic heterocycles. The first-order valence-electron chi connectivity index (χ1n) is 9.08. The molecule has 1 aliphatic rings. The van der Waals surface area contributed by atoms with Crippen LogP contribution in [0.3, 0.4) is 0 Å². The molecule has 0 N–H and O–H groups in total. The quantitative estimate of drug-likeness (QED) is 0.770. The highest BCUT2D eigenvalue weighted by Crippen LogP contribution is 2.36. The van der Waals surface area contributed by atoms with Gasteiger partial charge in [-0.2, -0.15) is 5.10 Å². The van der Waals surface area contributed by atoms with Crippen molar-refractivity contribution < 1.29 is 14.0 Å². The SMILES string of the molecule is Cc1cc(OCc2ncnn2C(C)C)ccc1B1OC(C)(C)C(C)(C)O1. The van der Waals surface area contributed by atoms with E-state index in [1.807, 2.05) is 29.8 Å². The van der Waals surface area contributed by atoms with Crippen molar-refractivity contribution in [2.24, 2.45) is 0 Å². The fraction of sp³-hybridized carbons (Fsp3) is 0.579. The van der Waals surface area contributed by atoms with E-state index < -0.39 is 0 Å². The first kappa shape index (κ1) is 18.9. The molecule has 2 heterocycles. The van der Waals surface area contributed by atoms with E-state index in [1.54, 1.807) is 6.33 Å². The van der Waals surface area contributed by atoms with Crippen molar-refractivity contribution in [2.75, 3.05) is 0 Å². The van der Waals surface area contributed by atoms with E-state index in [2.05, 4.69) is 51.6 Å². The molecule has 0 saturated carbocycles. The van der Waals surface area contributed by atoms with Crippen molar-refractivity contribution in [3.05, 3.63) is 35.9 Å². The number of rotatable bonds is 5. The Hall–Kier alpha value is -1.86. The van der Waals surface area contributed by atoms with Gasteiger partial charge in [-0.05, 0) is 71.6 Å². The lowest BCUT2D eigenvalue weighted by atomic mass is 9.76. The Labute approximate surface area is 156 Å². The lowest BCUT2D eigenvalue weighted by molar-refractivity contribution is 0.00578. The minimum atomic E-state index is -0.363. The van der Waals surface area contributed by atoms with Gasteiger partial charge < -0.3 is 14.0 Å². The van der Waals surface area contributed by atoms with Crippen molar-refractivity contribution in [1.82, 2.24) is 14.8 Å². The van der Waals surface area contributed by atoms with E-state index in [4.69, 9.17) is 14.0 Å². The number of aromatic nitrogens is 3. The fourth-order valence-corrected chi connectivity index (χ4v) is 2.93. The van der Waals surface area contributed by atoms with Gasteiger partial charge in [-0.25, -0.2) is 9.67 Å². The molecule has 0 unspecified atom stereocenters. The van der Waals surface area contributed by atoms with Gasteiger partial charge in [0.1, 0.15) is 18.7 Å². The summed E-state index contributed by atoms with van der Waals surface area (Å²) in [6, 6.07) is 6.23. The first-order chi connectivity index (χ1) is 12.1. The molecule has 0 amide bonds. The van der Waals surface area contributed by atoms with Crippen molar-refractivity contribution in [1.29, 1.82) is 0 Å². The molecule has 0 spiro atoms. The van der Waals surface area contributed by atoms with Crippen molar-refractivity contribution in [3.63, 3.8) is 0 Å². The van der Waals surface area contributed by atoms with E-state index >= 15 is 0 Å². The van der Waals surface area contributed by atoms with Crippen LogP contribution in [0.1, 0.15) is 59.0 Å². The molecule has 3 rings (SSSR count). The zero-order chi connectivity index (χ0) is 19.1. The molecule has 2 aromatic rings. The summed E-state index contributed by atoms with van der Waals surface area (Å²) in [6.07, 6.45) is 1.56. The number of hydrogen-bond acceptors (Lipinski definition) is 5. The average molecular weight is 357 g/mol. The maximum Gasteiger partial charge on any atom is 0.495 e. The van der Waals surface area contributed by atoms with Gasteiger partial charge >= 0.3 is 7.12 Å². The predicted octanol–water partition coefficient (Wildman–Crippen LogP) is 3.05. The smallest absolute Gasteiger partial charge is 0.486 e. The zero-order valence-corrected chi connectivity index (χ0v) is 16.7. The van der Waals surface area contributed by atoms with Gasteiger partial charge in [0.15, 0.2) is 5.82 Å². The summed E-state index contributed by atoms with van der Waals surface area (Å²) in [5.74, 6) is 1.61. The highest BCUT2D eigenvalue weighted by atomic mass is 16.7. The van der Waals surface area contributed by atoms with Crippen LogP contribution in [-0.4, -0.2) is 33.1 Å². The summed E-state index contributed by atoms with van der Waals surface area (Å²) in [6.45, 7) is 14.8. The highest BCUT2D eigenvalue weighted by Gasteiger charge is 2.52. The topological polar surface area (TPSA) is 58.4 Å². The van der Waals surface area contributed by atoms with E-state index in [1.165, 1.54) is 0 Å². The van der Waals surface area contributed by atoms with Crippen LogP contribution < -0.4 is 10.2 Å². The molecule has 0 bridgehead atoms. The van der Waals surface area contributed by atoms with E-state index in [0.717, 1.165) is 22.6 Å². The summed E-state index contributed by atoms with van der Waals surface area (Å²) >= 11 is 0. The molecule has 1 aliphatic heterocycles. The van der Waals surface area contributed by atoms with Gasteiger partial charge in [-0.15, -0.1) is 0 Å². The molecule has 140 valence electrons. The van der Waals surface area contributed by atoms with Crippen LogP contribution in [0, 0.1) is 6.92 Å². The molecule has 1 fully saturated rings. The van der Waals surface area contributed by atoms with Gasteiger partial charge in [0, 0.05) is 6.04 Å². The third kappa shape index (κ3) is 3.51. The maximum absolute atomic E-state index is 6.15. The van der Waals surface area contributed by atoms with Crippen LogP contribution in [-0.2, 0) is 15.9 Å². The largest absolute Gasteiger partial charge is 0.495 e. The van der Waals surface area contributed by atoms with Crippen LogP contribution >= 0.6 is 0 Å². The lowest BCUT2D eigenvalue weighted by Crippen LogP contribution is -2.41. The highest BCUT2D eigenvalue weighted by molar-refractivity contribution is 6.62. The number of ether oxygens (including phenoxy) is 1. The minimum Gasteiger partial charge on any atom is -0.486 e. The molecule has 1 saturated heterocycles. The molecule has 26 heavy (non-hydrogen) atoms. The number of benzene rings is 1. The predicted molar refractivity (Wildman–Crippen MR) is 102 cm³/mol. The van der Waals surface area contributed by atoms with Crippen molar-refractivity contribution in [3.8, 4) is 5.75 Å². The summed E-state index contributed by atoms with van der Waals surface area (Å²) in [7, 11) is -0.363. The minimum absolute atomic E-state index is 0.253. The van der Waals surface area contributed by atoms with E-state index in [-0.39, 0.29) is 24.4 Å². The standard InChI is InChI=1S/C19H28BN3O3/c1-13(2)23-17(21-12-22-23)11-24-15-8-9-16(14(3)10-15)20-25-18(4,5)19(6,7)26-20/h8-10,12-13H,11H2,1-7H3. The molecule has 0 atom stereocenters. The summed E-state index contributed by atoms with van der Waals surface area (Å²) < 4.78 is 20.1. The molecule has 1 aromatic carbocycles. The third-order valence-corrected chi connectivity index (χ3v) is 5.25. The molecular weight excluding hydrogens is 329 g/mol. The maximum atomic E-state index is 6.15. The second kappa shape index (κ2) is 6.70. The third-order valence-electron chi connectivity index (χ3n) is 5.25. The first-order valence-corrected chi connectivity index (χ1v) is 9.08. The summed E-state index contributed by atoms with van der Waals surface area (Å²) in [4.78, 5) is 4.27. The molecule has 7 heteroatoms. The monoisotopic (exact) mass is 357 g/mol. The average Bonchev–Trinajstić information content (AvgIpc) is 3.07. The van der Waals surface area contributed by atoms with Crippen LogP contribution in [0.2, 0.25) is 0 Å². The Balaban J connectivity index is 1.71. The Morgan fingerprint density at radius 2 is 1.81 bits per heavy atom. The lowest BCUT2D eigenvalue weighted by Gasteiger charge is -2.32. The summed E-state index contributed by atoms with van der Waals surface area (Å²) in [5.41, 5.74) is 1.41. The number of aryl methyl sites for hydroxylation is 1.